The fraction of sp³-hybridized carbons (Fsp3) is 0.714. The Labute approximate surface area is 185 Å². The van der Waals surface area contributed by atoms with Gasteiger partial charge in [-0.05, 0) is 33.1 Å². The maximum absolute atomic E-state index is 16.0. The summed E-state index contributed by atoms with van der Waals surface area (Å²) in [6.45, 7) is 6.88. The van der Waals surface area contributed by atoms with Crippen LogP contribution in [0.1, 0.15) is 46.3 Å². The van der Waals surface area contributed by atoms with Crippen LogP contribution in [0, 0.1) is 5.92 Å². The number of hydrogen-bond donors (Lipinski definition) is 2. The molecule has 5 atom stereocenters. The molecule has 0 spiro atoms. The minimum atomic E-state index is -2.13. The molecule has 0 aliphatic carbocycles. The molecule has 0 aromatic carbocycles. The molecule has 2 fully saturated rings. The maximum Gasteiger partial charge on any atom is 0.306 e. The number of nitrogens with zero attached hydrogens (tertiary/aromatic N) is 5. The predicted octanol–water partition coefficient (Wildman–Crippen LogP) is 1.93. The van der Waals surface area contributed by atoms with E-state index in [0.717, 1.165) is 0 Å². The lowest BCUT2D eigenvalue weighted by Gasteiger charge is -2.33. The fourth-order valence-corrected chi connectivity index (χ4v) is 4.41. The second-order valence-corrected chi connectivity index (χ2v) is 8.99. The molecule has 4 rings (SSSR count). The summed E-state index contributed by atoms with van der Waals surface area (Å²) >= 11 is 0. The summed E-state index contributed by atoms with van der Waals surface area (Å²) in [6, 6.07) is 0. The number of aliphatic hydroxyl groups is 1. The Morgan fingerprint density at radius 3 is 2.72 bits per heavy atom. The number of hydrogen-bond acceptors (Lipinski definition) is 8. The van der Waals surface area contributed by atoms with Crippen molar-refractivity contribution in [2.45, 2.75) is 63.6 Å². The van der Waals surface area contributed by atoms with Gasteiger partial charge in [-0.15, -0.1) is 0 Å². The number of aliphatic carboxylic acids is 1. The summed E-state index contributed by atoms with van der Waals surface area (Å²) < 4.78 is 28.9. The number of alkyl halides is 1. The van der Waals surface area contributed by atoms with Crippen LogP contribution in [0.4, 0.5) is 10.2 Å². The summed E-state index contributed by atoms with van der Waals surface area (Å²) in [6.07, 6.45) is 2.18. The minimum Gasteiger partial charge on any atom is -0.481 e. The van der Waals surface area contributed by atoms with Gasteiger partial charge < -0.3 is 24.6 Å². The highest BCUT2D eigenvalue weighted by molar-refractivity contribution is 5.83. The van der Waals surface area contributed by atoms with E-state index in [-0.39, 0.29) is 0 Å². The fourth-order valence-electron chi connectivity index (χ4n) is 4.41. The molecule has 2 N–H and O–H groups in total. The van der Waals surface area contributed by atoms with Crippen LogP contribution in [0.2, 0.25) is 0 Å². The van der Waals surface area contributed by atoms with E-state index in [4.69, 9.17) is 14.6 Å². The van der Waals surface area contributed by atoms with E-state index >= 15 is 4.39 Å². The van der Waals surface area contributed by atoms with E-state index in [1.54, 1.807) is 6.92 Å². The maximum atomic E-state index is 16.0. The zero-order chi connectivity index (χ0) is 23.1. The van der Waals surface area contributed by atoms with Crippen molar-refractivity contribution in [2.24, 2.45) is 5.92 Å². The molecule has 10 nitrogen and oxygen atoms in total. The molecule has 1 unspecified atom stereocenters. The van der Waals surface area contributed by atoms with Crippen molar-refractivity contribution in [3.8, 4) is 0 Å². The zero-order valence-electron chi connectivity index (χ0n) is 18.6. The van der Waals surface area contributed by atoms with Crippen LogP contribution in [0.5, 0.6) is 0 Å². The number of rotatable bonds is 7. The van der Waals surface area contributed by atoms with Crippen LogP contribution in [0.15, 0.2) is 12.7 Å². The third kappa shape index (κ3) is 3.82. The van der Waals surface area contributed by atoms with Crippen LogP contribution < -0.4 is 4.90 Å². The second-order valence-electron chi connectivity index (χ2n) is 8.99. The van der Waals surface area contributed by atoms with Gasteiger partial charge in [0, 0.05) is 13.1 Å². The number of imidazole rings is 1. The van der Waals surface area contributed by atoms with Crippen molar-refractivity contribution in [3.63, 3.8) is 0 Å². The smallest absolute Gasteiger partial charge is 0.306 e. The molecule has 32 heavy (non-hydrogen) atoms. The Bertz CT molecular complexity index is 975. The average molecular weight is 451 g/mol. The van der Waals surface area contributed by atoms with Crippen LogP contribution in [0.3, 0.4) is 0 Å². The minimum absolute atomic E-state index is 0.335. The van der Waals surface area contributed by atoms with E-state index in [0.29, 0.717) is 62.5 Å². The van der Waals surface area contributed by atoms with E-state index in [1.165, 1.54) is 31.1 Å². The standard InChI is InChI=1S/C21H30FN5O5/c1-13(18(28)29)5-4-6-14-21(3,30)20(2,22)19(32-14)27-12-25-15-16(23-11-24-17(15)27)26-7-9-31-10-8-26/h11-14,19,30H,4-10H2,1-3H3,(H,28,29)/t13?,14-,19-,20+,21+/m1/s1. The number of ether oxygens (including phenoxy) is 2. The molecular weight excluding hydrogens is 421 g/mol. The lowest BCUT2D eigenvalue weighted by Crippen LogP contribution is -2.50. The molecule has 2 aliphatic heterocycles. The Kier molecular flexibility index (Phi) is 6.08. The first kappa shape index (κ1) is 22.8. The average Bonchev–Trinajstić information content (AvgIpc) is 3.26. The quantitative estimate of drug-likeness (QED) is 0.650. The van der Waals surface area contributed by atoms with Gasteiger partial charge in [-0.1, -0.05) is 6.92 Å². The third-order valence-corrected chi connectivity index (χ3v) is 6.80. The highest BCUT2D eigenvalue weighted by atomic mass is 19.1. The Hall–Kier alpha value is -2.37. The largest absolute Gasteiger partial charge is 0.481 e. The SMILES string of the molecule is CC(CCC[C@H]1O[C@@H](n2cnc3c(N4CCOCC4)ncnc32)[C@](C)(F)[C@@]1(C)O)C(=O)O. The van der Waals surface area contributed by atoms with Crippen LogP contribution in [-0.4, -0.2) is 79.4 Å². The molecule has 4 heterocycles. The van der Waals surface area contributed by atoms with Gasteiger partial charge in [-0.3, -0.25) is 9.36 Å². The van der Waals surface area contributed by atoms with E-state index in [2.05, 4.69) is 19.9 Å². The number of carboxylic acids is 1. The van der Waals surface area contributed by atoms with Crippen LogP contribution >= 0.6 is 0 Å². The molecule has 2 saturated heterocycles. The number of aromatic nitrogens is 4. The molecule has 11 heteroatoms. The molecule has 2 aromatic rings. The van der Waals surface area contributed by atoms with Crippen molar-refractivity contribution >= 4 is 23.0 Å². The lowest BCUT2D eigenvalue weighted by atomic mass is 9.82. The molecule has 0 radical (unpaired) electrons. The van der Waals surface area contributed by atoms with Gasteiger partial charge in [0.15, 0.2) is 28.9 Å². The van der Waals surface area contributed by atoms with Crippen LogP contribution in [0.25, 0.3) is 11.2 Å². The number of halogens is 1. The molecule has 0 amide bonds. The topological polar surface area (TPSA) is 123 Å². The number of carboxylic acid groups (broad SMARTS) is 1. The Balaban J connectivity index is 1.59. The van der Waals surface area contributed by atoms with Crippen molar-refractivity contribution in [2.75, 3.05) is 31.2 Å². The van der Waals surface area contributed by atoms with Gasteiger partial charge in [0.2, 0.25) is 0 Å². The van der Waals surface area contributed by atoms with Crippen molar-refractivity contribution in [1.29, 1.82) is 0 Å². The monoisotopic (exact) mass is 451 g/mol. The summed E-state index contributed by atoms with van der Waals surface area (Å²) in [5, 5.41) is 20.1. The highest BCUT2D eigenvalue weighted by Crippen LogP contribution is 2.50. The number of fused-ring (bicyclic) bond motifs is 1. The van der Waals surface area contributed by atoms with Gasteiger partial charge in [0.1, 0.15) is 11.9 Å². The van der Waals surface area contributed by atoms with Crippen molar-refractivity contribution in [1.82, 2.24) is 19.5 Å². The Morgan fingerprint density at radius 1 is 1.31 bits per heavy atom. The van der Waals surface area contributed by atoms with Crippen molar-refractivity contribution < 1.29 is 28.9 Å². The summed E-state index contributed by atoms with van der Waals surface area (Å²) in [4.78, 5) is 26.2. The van der Waals surface area contributed by atoms with E-state index in [9.17, 15) is 9.90 Å². The summed E-state index contributed by atoms with van der Waals surface area (Å²) in [5.74, 6) is -0.735. The first-order valence-corrected chi connectivity index (χ1v) is 10.9. The summed E-state index contributed by atoms with van der Waals surface area (Å²) in [7, 11) is 0. The normalized spacial score (nSPS) is 31.8. The molecule has 176 valence electrons. The van der Waals surface area contributed by atoms with E-state index in [1.807, 2.05) is 0 Å². The second kappa shape index (κ2) is 8.53. The zero-order valence-corrected chi connectivity index (χ0v) is 18.6. The lowest BCUT2D eigenvalue weighted by molar-refractivity contribution is -0.141. The van der Waals surface area contributed by atoms with Crippen LogP contribution in [-0.2, 0) is 14.3 Å². The van der Waals surface area contributed by atoms with Gasteiger partial charge in [-0.25, -0.2) is 19.3 Å². The number of anilines is 1. The Morgan fingerprint density at radius 2 is 2.03 bits per heavy atom. The van der Waals surface area contributed by atoms with Gasteiger partial charge in [0.25, 0.3) is 0 Å². The highest BCUT2D eigenvalue weighted by Gasteiger charge is 2.62. The first-order valence-electron chi connectivity index (χ1n) is 10.9. The molecule has 0 bridgehead atoms. The first-order chi connectivity index (χ1) is 15.1. The molecule has 2 aliphatic rings. The van der Waals surface area contributed by atoms with E-state index < -0.39 is 35.5 Å². The third-order valence-electron chi connectivity index (χ3n) is 6.80. The predicted molar refractivity (Wildman–Crippen MR) is 113 cm³/mol. The molecule has 0 saturated carbocycles. The number of carbonyl (C=O) groups is 1. The number of morpholine rings is 1. The molecular formula is C21H30FN5O5. The van der Waals surface area contributed by atoms with Gasteiger partial charge in [-0.2, -0.15) is 0 Å². The van der Waals surface area contributed by atoms with Gasteiger partial charge in [0.05, 0.1) is 31.6 Å². The molecule has 2 aromatic heterocycles. The summed E-state index contributed by atoms with van der Waals surface area (Å²) in [5.41, 5.74) is -2.95. The van der Waals surface area contributed by atoms with Gasteiger partial charge >= 0.3 is 5.97 Å². The van der Waals surface area contributed by atoms with Crippen molar-refractivity contribution in [3.05, 3.63) is 12.7 Å².